The van der Waals surface area contributed by atoms with Crippen molar-refractivity contribution in [3.8, 4) is 5.75 Å². The van der Waals surface area contributed by atoms with Gasteiger partial charge in [0.2, 0.25) is 0 Å². The van der Waals surface area contributed by atoms with Crippen LogP contribution in [0.1, 0.15) is 10.4 Å². The van der Waals surface area contributed by atoms with E-state index in [-0.39, 0.29) is 17.2 Å². The highest BCUT2D eigenvalue weighted by atomic mass is 16.3. The first-order valence-electron chi connectivity index (χ1n) is 4.70. The lowest BCUT2D eigenvalue weighted by molar-refractivity contribution is 0.0793. The predicted molar refractivity (Wildman–Crippen MR) is 56.8 cm³/mol. The number of carbonyl (C=O) groups excluding carboxylic acids is 1. The summed E-state index contributed by atoms with van der Waals surface area (Å²) in [6.45, 7) is 1.31. The van der Waals surface area contributed by atoms with Gasteiger partial charge in [-0.1, -0.05) is 0 Å². The molecule has 0 atom stereocenters. The van der Waals surface area contributed by atoms with Crippen LogP contribution in [-0.4, -0.2) is 48.1 Å². The lowest BCUT2D eigenvalue weighted by atomic mass is 10.2. The molecule has 0 saturated carbocycles. The highest BCUT2D eigenvalue weighted by molar-refractivity contribution is 5.96. The highest BCUT2D eigenvalue weighted by Crippen LogP contribution is 2.15. The van der Waals surface area contributed by atoms with Crippen LogP contribution in [0.3, 0.4) is 0 Å². The van der Waals surface area contributed by atoms with Crippen molar-refractivity contribution in [1.82, 2.24) is 15.2 Å². The van der Waals surface area contributed by atoms with Gasteiger partial charge in [0.05, 0.1) is 11.8 Å². The fraction of sp³-hybridized carbons (Fsp3) is 0.400. The summed E-state index contributed by atoms with van der Waals surface area (Å²) >= 11 is 0. The lowest BCUT2D eigenvalue weighted by Gasteiger charge is -2.17. The molecule has 0 aliphatic heterocycles. The van der Waals surface area contributed by atoms with Crippen LogP contribution >= 0.6 is 0 Å². The molecule has 1 heterocycles. The second kappa shape index (κ2) is 5.31. The molecule has 2 N–H and O–H groups in total. The Kier molecular flexibility index (Phi) is 4.05. The average Bonchev–Trinajstić information content (AvgIpc) is 2.25. The van der Waals surface area contributed by atoms with E-state index in [2.05, 4.69) is 10.3 Å². The maximum Gasteiger partial charge on any atom is 0.257 e. The van der Waals surface area contributed by atoms with Crippen LogP contribution in [0, 0.1) is 0 Å². The molecule has 0 fully saturated rings. The summed E-state index contributed by atoms with van der Waals surface area (Å²) < 4.78 is 0. The number of hydrogen-bond donors (Lipinski definition) is 2. The number of amides is 1. The second-order valence-corrected chi connectivity index (χ2v) is 3.22. The number of carbonyl (C=O) groups is 1. The molecule has 1 aromatic rings. The van der Waals surface area contributed by atoms with E-state index in [4.69, 9.17) is 0 Å². The maximum atomic E-state index is 11.8. The van der Waals surface area contributed by atoms with Crippen molar-refractivity contribution >= 4 is 5.91 Å². The fourth-order valence-electron chi connectivity index (χ4n) is 1.15. The van der Waals surface area contributed by atoms with Gasteiger partial charge >= 0.3 is 0 Å². The molecular weight excluding hydrogens is 194 g/mol. The molecular formula is C10H15N3O2. The molecule has 0 aromatic carbocycles. The van der Waals surface area contributed by atoms with Gasteiger partial charge in [-0.05, 0) is 13.1 Å². The van der Waals surface area contributed by atoms with Crippen molar-refractivity contribution in [2.24, 2.45) is 0 Å². The Morgan fingerprint density at radius 3 is 3.00 bits per heavy atom. The fourth-order valence-corrected chi connectivity index (χ4v) is 1.15. The minimum absolute atomic E-state index is 0.0844. The van der Waals surface area contributed by atoms with E-state index in [0.29, 0.717) is 13.1 Å². The Morgan fingerprint density at radius 2 is 2.40 bits per heavy atom. The minimum atomic E-state index is -0.204. The van der Waals surface area contributed by atoms with Crippen molar-refractivity contribution in [2.45, 2.75) is 0 Å². The standard InChI is InChI=1S/C10H15N3O2/c1-11-5-6-13(2)10(15)8-3-4-12-7-9(8)14/h3-4,7,11,14H,5-6H2,1-2H3. The molecule has 82 valence electrons. The Hall–Kier alpha value is -1.62. The number of nitrogens with one attached hydrogen (secondary N) is 1. The molecule has 0 radical (unpaired) electrons. The van der Waals surface area contributed by atoms with E-state index in [0.717, 1.165) is 0 Å². The molecule has 0 spiro atoms. The molecule has 0 aliphatic carbocycles. The third-order valence-electron chi connectivity index (χ3n) is 2.07. The first-order valence-corrected chi connectivity index (χ1v) is 4.70. The molecule has 0 aliphatic rings. The Labute approximate surface area is 88.7 Å². The van der Waals surface area contributed by atoms with E-state index < -0.39 is 0 Å². The van der Waals surface area contributed by atoms with Gasteiger partial charge in [0, 0.05) is 26.3 Å². The number of rotatable bonds is 4. The van der Waals surface area contributed by atoms with E-state index in [1.54, 1.807) is 11.9 Å². The van der Waals surface area contributed by atoms with Gasteiger partial charge in [0.15, 0.2) is 0 Å². The number of aromatic hydroxyl groups is 1. The van der Waals surface area contributed by atoms with Gasteiger partial charge in [-0.2, -0.15) is 0 Å². The summed E-state index contributed by atoms with van der Waals surface area (Å²) in [7, 11) is 3.52. The molecule has 15 heavy (non-hydrogen) atoms. The molecule has 5 nitrogen and oxygen atoms in total. The SMILES string of the molecule is CNCCN(C)C(=O)c1ccncc1O. The summed E-state index contributed by atoms with van der Waals surface area (Å²) in [5.41, 5.74) is 0.281. The van der Waals surface area contributed by atoms with E-state index in [1.165, 1.54) is 18.5 Å². The van der Waals surface area contributed by atoms with Crippen molar-refractivity contribution in [2.75, 3.05) is 27.2 Å². The smallest absolute Gasteiger partial charge is 0.257 e. The topological polar surface area (TPSA) is 65.5 Å². The van der Waals surface area contributed by atoms with E-state index in [1.807, 2.05) is 7.05 Å². The van der Waals surface area contributed by atoms with E-state index in [9.17, 15) is 9.90 Å². The van der Waals surface area contributed by atoms with Gasteiger partial charge in [-0.15, -0.1) is 0 Å². The first-order chi connectivity index (χ1) is 7.16. The third-order valence-corrected chi connectivity index (χ3v) is 2.07. The molecule has 0 bridgehead atoms. The zero-order valence-electron chi connectivity index (χ0n) is 8.90. The monoisotopic (exact) mass is 209 g/mol. The second-order valence-electron chi connectivity index (χ2n) is 3.22. The molecule has 0 saturated heterocycles. The van der Waals surface area contributed by atoms with Crippen LogP contribution < -0.4 is 5.32 Å². The van der Waals surface area contributed by atoms with Crippen LogP contribution in [0.5, 0.6) is 5.75 Å². The maximum absolute atomic E-state index is 11.8. The largest absolute Gasteiger partial charge is 0.505 e. The van der Waals surface area contributed by atoms with E-state index >= 15 is 0 Å². The zero-order valence-corrected chi connectivity index (χ0v) is 8.90. The quantitative estimate of drug-likeness (QED) is 0.737. The number of pyridine rings is 1. The van der Waals surface area contributed by atoms with Crippen LogP contribution in [0.4, 0.5) is 0 Å². The minimum Gasteiger partial charge on any atom is -0.505 e. The normalized spacial score (nSPS) is 10.0. The molecule has 0 unspecified atom stereocenters. The van der Waals surface area contributed by atoms with Crippen molar-refractivity contribution in [3.05, 3.63) is 24.0 Å². The molecule has 5 heteroatoms. The number of aromatic nitrogens is 1. The van der Waals surface area contributed by atoms with Gasteiger partial charge < -0.3 is 15.3 Å². The lowest BCUT2D eigenvalue weighted by Crippen LogP contribution is -2.32. The van der Waals surface area contributed by atoms with Gasteiger partial charge in [0.25, 0.3) is 5.91 Å². The van der Waals surface area contributed by atoms with Crippen LogP contribution in [0.25, 0.3) is 0 Å². The number of hydrogen-bond acceptors (Lipinski definition) is 4. The highest BCUT2D eigenvalue weighted by Gasteiger charge is 2.14. The Balaban J connectivity index is 2.72. The summed E-state index contributed by atoms with van der Waals surface area (Å²) in [5, 5.41) is 12.4. The summed E-state index contributed by atoms with van der Waals surface area (Å²) in [6.07, 6.45) is 2.75. The summed E-state index contributed by atoms with van der Waals surface area (Å²) in [4.78, 5) is 17.0. The van der Waals surface area contributed by atoms with Crippen molar-refractivity contribution in [1.29, 1.82) is 0 Å². The molecule has 1 rings (SSSR count). The van der Waals surface area contributed by atoms with Crippen LogP contribution in [0.2, 0.25) is 0 Å². The zero-order chi connectivity index (χ0) is 11.3. The van der Waals surface area contributed by atoms with Gasteiger partial charge in [-0.25, -0.2) is 0 Å². The Morgan fingerprint density at radius 1 is 1.67 bits per heavy atom. The van der Waals surface area contributed by atoms with Crippen LogP contribution in [0.15, 0.2) is 18.5 Å². The number of likely N-dealkylation sites (N-methyl/N-ethyl adjacent to an activating group) is 2. The summed E-state index contributed by atoms with van der Waals surface area (Å²) in [5.74, 6) is -0.288. The molecule has 1 amide bonds. The van der Waals surface area contributed by atoms with Gasteiger partial charge in [-0.3, -0.25) is 9.78 Å². The Bertz CT molecular complexity index is 341. The average molecular weight is 209 g/mol. The van der Waals surface area contributed by atoms with Crippen molar-refractivity contribution < 1.29 is 9.90 Å². The molecule has 1 aromatic heterocycles. The van der Waals surface area contributed by atoms with Gasteiger partial charge in [0.1, 0.15) is 5.75 Å². The van der Waals surface area contributed by atoms with Crippen LogP contribution in [-0.2, 0) is 0 Å². The summed E-state index contributed by atoms with van der Waals surface area (Å²) in [6, 6.07) is 1.51. The number of nitrogens with zero attached hydrogens (tertiary/aromatic N) is 2. The third kappa shape index (κ3) is 2.92. The predicted octanol–water partition coefficient (Wildman–Crippen LogP) is 0.0786. The van der Waals surface area contributed by atoms with Crippen molar-refractivity contribution in [3.63, 3.8) is 0 Å². The first kappa shape index (κ1) is 11.5.